The molecule has 0 bridgehead atoms. The second-order valence-electron chi connectivity index (χ2n) is 8.44. The average Bonchev–Trinajstić information content (AvgIpc) is 2.97. The number of rotatable bonds is 5. The summed E-state index contributed by atoms with van der Waals surface area (Å²) in [6.45, 7) is -0.224. The van der Waals surface area contributed by atoms with Crippen molar-refractivity contribution in [2.24, 2.45) is 11.3 Å². The van der Waals surface area contributed by atoms with Crippen molar-refractivity contribution in [3.8, 4) is 0 Å². The SMILES string of the molecule is O=C(NCC1(F)CC(Nc2ncnc3[nH]ccc23)C1)C12CCCCC1C2(F)F. The van der Waals surface area contributed by atoms with Crippen LogP contribution in [0.2, 0.25) is 0 Å². The molecule has 3 aliphatic rings. The molecule has 3 fully saturated rings. The Morgan fingerprint density at radius 2 is 2.07 bits per heavy atom. The fourth-order valence-corrected chi connectivity index (χ4v) is 5.12. The number of carbonyl (C=O) groups excluding carboxylic acids is 1. The molecule has 150 valence electrons. The van der Waals surface area contributed by atoms with Crippen LogP contribution in [0.5, 0.6) is 0 Å². The topological polar surface area (TPSA) is 82.7 Å². The molecule has 1 amide bonds. The first-order valence-corrected chi connectivity index (χ1v) is 9.75. The van der Waals surface area contributed by atoms with Gasteiger partial charge in [-0.15, -0.1) is 0 Å². The number of hydrogen-bond donors (Lipinski definition) is 3. The largest absolute Gasteiger partial charge is 0.366 e. The van der Waals surface area contributed by atoms with Gasteiger partial charge in [0.15, 0.2) is 0 Å². The van der Waals surface area contributed by atoms with Crippen LogP contribution in [-0.2, 0) is 4.79 Å². The number of hydrogen-bond acceptors (Lipinski definition) is 4. The van der Waals surface area contributed by atoms with Gasteiger partial charge in [-0.25, -0.2) is 23.1 Å². The first-order chi connectivity index (χ1) is 13.4. The molecular formula is C19H22F3N5O. The highest BCUT2D eigenvalue weighted by Crippen LogP contribution is 2.72. The van der Waals surface area contributed by atoms with Gasteiger partial charge in [0.25, 0.3) is 5.92 Å². The lowest BCUT2D eigenvalue weighted by atomic mass is 9.77. The average molecular weight is 393 g/mol. The molecule has 2 unspecified atom stereocenters. The van der Waals surface area contributed by atoms with Crippen molar-refractivity contribution in [2.45, 2.75) is 56.2 Å². The maximum atomic E-state index is 14.9. The summed E-state index contributed by atoms with van der Waals surface area (Å²) in [5.74, 6) is -3.87. The first-order valence-electron chi connectivity index (χ1n) is 9.75. The minimum Gasteiger partial charge on any atom is -0.366 e. The number of halogens is 3. The van der Waals surface area contributed by atoms with Crippen LogP contribution in [0.3, 0.4) is 0 Å². The molecule has 0 saturated heterocycles. The highest BCUT2D eigenvalue weighted by molar-refractivity contribution is 5.88. The maximum Gasteiger partial charge on any atom is 0.266 e. The van der Waals surface area contributed by atoms with Gasteiger partial charge in [-0.2, -0.15) is 0 Å². The molecule has 3 saturated carbocycles. The molecule has 2 heterocycles. The summed E-state index contributed by atoms with van der Waals surface area (Å²) in [5, 5.41) is 6.51. The lowest BCUT2D eigenvalue weighted by molar-refractivity contribution is -0.132. The summed E-state index contributed by atoms with van der Waals surface area (Å²) in [6, 6.07) is 1.72. The molecule has 0 aromatic carbocycles. The third-order valence-electron chi connectivity index (χ3n) is 6.75. The highest BCUT2D eigenvalue weighted by atomic mass is 19.3. The minimum atomic E-state index is -2.95. The van der Waals surface area contributed by atoms with Gasteiger partial charge >= 0.3 is 0 Å². The van der Waals surface area contributed by atoms with Crippen LogP contribution in [0, 0.1) is 11.3 Å². The summed E-state index contributed by atoms with van der Waals surface area (Å²) in [4.78, 5) is 23.8. The smallest absolute Gasteiger partial charge is 0.266 e. The predicted octanol–water partition coefficient (Wildman–Crippen LogP) is 3.18. The van der Waals surface area contributed by atoms with Crippen LogP contribution in [0.25, 0.3) is 11.0 Å². The monoisotopic (exact) mass is 393 g/mol. The number of amides is 1. The van der Waals surface area contributed by atoms with Gasteiger partial charge in [0, 0.05) is 31.0 Å². The van der Waals surface area contributed by atoms with E-state index in [9.17, 15) is 18.0 Å². The third kappa shape index (κ3) is 2.44. The summed E-state index contributed by atoms with van der Waals surface area (Å²) in [6.07, 6.45) is 5.49. The molecule has 9 heteroatoms. The second-order valence-corrected chi connectivity index (χ2v) is 8.44. The number of fused-ring (bicyclic) bond motifs is 2. The summed E-state index contributed by atoms with van der Waals surface area (Å²) in [7, 11) is 0. The Labute approximate surface area is 159 Å². The Morgan fingerprint density at radius 3 is 2.86 bits per heavy atom. The lowest BCUT2D eigenvalue weighted by Crippen LogP contribution is -2.55. The zero-order valence-electron chi connectivity index (χ0n) is 15.3. The summed E-state index contributed by atoms with van der Waals surface area (Å²) >= 11 is 0. The van der Waals surface area contributed by atoms with E-state index >= 15 is 0 Å². The van der Waals surface area contributed by atoms with Crippen molar-refractivity contribution in [3.05, 3.63) is 18.6 Å². The number of nitrogens with one attached hydrogen (secondary N) is 3. The second kappa shape index (κ2) is 5.84. The lowest BCUT2D eigenvalue weighted by Gasteiger charge is -2.42. The van der Waals surface area contributed by atoms with Crippen molar-refractivity contribution in [2.75, 3.05) is 11.9 Å². The van der Waals surface area contributed by atoms with E-state index in [1.165, 1.54) is 6.33 Å². The molecule has 0 radical (unpaired) electrons. The van der Waals surface area contributed by atoms with Gasteiger partial charge in [0.2, 0.25) is 5.91 Å². The first kappa shape index (κ1) is 17.8. The van der Waals surface area contributed by atoms with Crippen molar-refractivity contribution in [3.63, 3.8) is 0 Å². The van der Waals surface area contributed by atoms with Gasteiger partial charge in [-0.05, 0) is 18.9 Å². The Hall–Kier alpha value is -2.32. The van der Waals surface area contributed by atoms with E-state index in [1.807, 2.05) is 6.07 Å². The van der Waals surface area contributed by atoms with Crippen molar-refractivity contribution in [1.82, 2.24) is 20.3 Å². The van der Waals surface area contributed by atoms with Gasteiger partial charge in [-0.3, -0.25) is 4.79 Å². The van der Waals surface area contributed by atoms with E-state index in [1.54, 1.807) is 6.20 Å². The zero-order valence-corrected chi connectivity index (χ0v) is 15.3. The van der Waals surface area contributed by atoms with Crippen LogP contribution in [0.4, 0.5) is 19.0 Å². The molecule has 3 N–H and O–H groups in total. The van der Waals surface area contributed by atoms with Crippen LogP contribution in [-0.4, -0.2) is 45.0 Å². The Morgan fingerprint density at radius 1 is 1.25 bits per heavy atom. The Bertz CT molecular complexity index is 925. The number of alkyl halides is 3. The molecule has 0 spiro atoms. The Balaban J connectivity index is 1.17. The van der Waals surface area contributed by atoms with Crippen LogP contribution in [0.1, 0.15) is 38.5 Å². The number of H-pyrrole nitrogens is 1. The highest BCUT2D eigenvalue weighted by Gasteiger charge is 2.83. The number of aromatic amines is 1. The fourth-order valence-electron chi connectivity index (χ4n) is 5.12. The number of aromatic nitrogens is 3. The number of anilines is 1. The summed E-state index contributed by atoms with van der Waals surface area (Å²) in [5.41, 5.74) is -2.48. The molecule has 5 rings (SSSR count). The Kier molecular flexibility index (Phi) is 3.70. The van der Waals surface area contributed by atoms with Gasteiger partial charge in [0.1, 0.15) is 28.9 Å². The molecule has 2 atom stereocenters. The minimum absolute atomic E-state index is 0.127. The summed E-state index contributed by atoms with van der Waals surface area (Å²) < 4.78 is 43.2. The van der Waals surface area contributed by atoms with Crippen molar-refractivity contribution in [1.29, 1.82) is 0 Å². The number of carbonyl (C=O) groups is 1. The molecule has 3 aliphatic carbocycles. The maximum absolute atomic E-state index is 14.9. The molecule has 28 heavy (non-hydrogen) atoms. The molecule has 0 aliphatic heterocycles. The third-order valence-corrected chi connectivity index (χ3v) is 6.75. The fraction of sp³-hybridized carbons (Fsp3) is 0.632. The molecule has 6 nitrogen and oxygen atoms in total. The normalized spacial score (nSPS) is 35.7. The molecular weight excluding hydrogens is 371 g/mol. The standard InChI is InChI=1S/C19H22F3N5O/c20-17(9-24-16(28)18-5-2-1-3-13(18)19(18,21)22)7-11(8-17)27-15-12-4-6-23-14(12)25-10-26-15/h4,6,10-11,13H,1-3,5,7-9H2,(H,24,28)(H2,23,25,26,27). The van der Waals surface area contributed by atoms with Crippen molar-refractivity contribution >= 4 is 22.8 Å². The molecule has 2 aromatic rings. The van der Waals surface area contributed by atoms with Crippen molar-refractivity contribution < 1.29 is 18.0 Å². The van der Waals surface area contributed by atoms with E-state index in [0.717, 1.165) is 11.8 Å². The zero-order chi connectivity index (χ0) is 19.6. The predicted molar refractivity (Wildman–Crippen MR) is 96.7 cm³/mol. The van der Waals surface area contributed by atoms with Gasteiger partial charge in [-0.1, -0.05) is 12.8 Å². The van der Waals surface area contributed by atoms with E-state index in [2.05, 4.69) is 25.6 Å². The van der Waals surface area contributed by atoms with E-state index in [0.29, 0.717) is 24.3 Å². The number of nitrogens with zero attached hydrogens (tertiary/aromatic N) is 2. The molecule has 2 aromatic heterocycles. The van der Waals surface area contributed by atoms with Crippen LogP contribution >= 0.6 is 0 Å². The van der Waals surface area contributed by atoms with E-state index in [-0.39, 0.29) is 31.8 Å². The van der Waals surface area contributed by atoms with Crippen LogP contribution in [0.15, 0.2) is 18.6 Å². The van der Waals surface area contributed by atoms with Crippen LogP contribution < -0.4 is 10.6 Å². The van der Waals surface area contributed by atoms with E-state index in [4.69, 9.17) is 0 Å². The quantitative estimate of drug-likeness (QED) is 0.729. The van der Waals surface area contributed by atoms with Gasteiger partial charge < -0.3 is 15.6 Å². The van der Waals surface area contributed by atoms with Gasteiger partial charge in [0.05, 0.1) is 11.9 Å². The van der Waals surface area contributed by atoms with E-state index < -0.39 is 28.8 Å².